The van der Waals surface area contributed by atoms with E-state index in [-0.39, 0.29) is 5.75 Å². The number of nitrogens with zero attached hydrogens (tertiary/aromatic N) is 1. The van der Waals surface area contributed by atoms with Crippen molar-refractivity contribution in [2.45, 2.75) is 63.7 Å². The Balaban J connectivity index is 1.64. The van der Waals surface area contributed by atoms with Crippen molar-refractivity contribution in [3.63, 3.8) is 0 Å². The summed E-state index contributed by atoms with van der Waals surface area (Å²) in [7, 11) is -4.69. The third-order valence-electron chi connectivity index (χ3n) is 6.29. The summed E-state index contributed by atoms with van der Waals surface area (Å²) in [5.74, 6) is -4.12. The highest BCUT2D eigenvalue weighted by Gasteiger charge is 2.65. The van der Waals surface area contributed by atoms with E-state index in [2.05, 4.69) is 5.09 Å². The summed E-state index contributed by atoms with van der Waals surface area (Å²) in [4.78, 5) is 38.0. The molecule has 1 aliphatic heterocycles. The van der Waals surface area contributed by atoms with Crippen molar-refractivity contribution in [1.29, 1.82) is 0 Å². The second-order valence-electron chi connectivity index (χ2n) is 10.0. The van der Waals surface area contributed by atoms with Crippen molar-refractivity contribution in [3.8, 4) is 5.75 Å². The fraction of sp³-hybridized carbons (Fsp3) is 0.423. The number of ether oxygens (including phenoxy) is 2. The molecule has 6 atom stereocenters. The molecular weight excluding hydrogens is 567 g/mol. The van der Waals surface area contributed by atoms with Gasteiger partial charge in [0.15, 0.2) is 18.0 Å². The first-order chi connectivity index (χ1) is 19.1. The number of fused-ring (bicyclic) bond motifs is 1. The first-order valence-electron chi connectivity index (χ1n) is 12.6. The van der Waals surface area contributed by atoms with Gasteiger partial charge in [0.2, 0.25) is 0 Å². The zero-order chi connectivity index (χ0) is 30.2. The molecule has 0 spiro atoms. The summed E-state index contributed by atoms with van der Waals surface area (Å²) in [5, 5.41) is 14.2. The van der Waals surface area contributed by atoms with E-state index < -0.39 is 67.6 Å². The van der Waals surface area contributed by atoms with E-state index in [0.29, 0.717) is 15.3 Å². The second kappa shape index (κ2) is 11.5. The average Bonchev–Trinajstić information content (AvgIpc) is 3.07. The molecule has 15 heteroatoms. The number of H-pyrrole nitrogens is 1. The molecular formula is C26H30F2N3O9P. The highest BCUT2D eigenvalue weighted by Crippen LogP contribution is 2.52. The summed E-state index contributed by atoms with van der Waals surface area (Å²) in [6.45, 7) is 3.96. The number of aromatic nitrogens is 2. The Labute approximate surface area is 232 Å². The number of hydrogen-bond donors (Lipinski definition) is 3. The Morgan fingerprint density at radius 3 is 2.54 bits per heavy atom. The van der Waals surface area contributed by atoms with Crippen LogP contribution in [0.1, 0.15) is 33.9 Å². The average molecular weight is 598 g/mol. The molecule has 1 aromatic heterocycles. The van der Waals surface area contributed by atoms with Gasteiger partial charge in [0.1, 0.15) is 18.4 Å². The minimum atomic E-state index is -4.69. The number of benzene rings is 2. The number of aromatic amines is 1. The van der Waals surface area contributed by atoms with E-state index in [9.17, 15) is 24.1 Å². The maximum absolute atomic E-state index is 16.0. The molecule has 12 nitrogen and oxygen atoms in total. The summed E-state index contributed by atoms with van der Waals surface area (Å²) in [6, 6.07) is 11.4. The molecule has 0 amide bonds. The molecule has 2 aromatic carbocycles. The summed E-state index contributed by atoms with van der Waals surface area (Å²) >= 11 is 0. The number of esters is 1. The highest BCUT2D eigenvalue weighted by atomic mass is 31.2. The zero-order valence-electron chi connectivity index (χ0n) is 22.6. The molecule has 3 N–H and O–H groups in total. The van der Waals surface area contributed by atoms with Crippen molar-refractivity contribution >= 4 is 24.5 Å². The van der Waals surface area contributed by atoms with Crippen molar-refractivity contribution in [3.05, 3.63) is 75.6 Å². The van der Waals surface area contributed by atoms with Crippen LogP contribution in [0, 0.1) is 0 Å². The lowest BCUT2D eigenvalue weighted by molar-refractivity contribution is -0.204. The number of rotatable bonds is 10. The predicted octanol–water partition coefficient (Wildman–Crippen LogP) is 3.11. The van der Waals surface area contributed by atoms with Gasteiger partial charge in [-0.2, -0.15) is 5.09 Å². The van der Waals surface area contributed by atoms with E-state index in [4.69, 9.17) is 18.5 Å². The number of nitrogens with one attached hydrogen (secondary N) is 2. The quantitative estimate of drug-likeness (QED) is 0.234. The van der Waals surface area contributed by atoms with Crippen LogP contribution in [-0.4, -0.2) is 57.0 Å². The Morgan fingerprint density at radius 2 is 1.85 bits per heavy atom. The second-order valence-corrected chi connectivity index (χ2v) is 11.7. The van der Waals surface area contributed by atoms with Crippen LogP contribution in [0.4, 0.5) is 8.78 Å². The smallest absolute Gasteiger partial charge is 0.459 e. The monoisotopic (exact) mass is 597 g/mol. The van der Waals surface area contributed by atoms with Gasteiger partial charge in [-0.3, -0.25) is 23.7 Å². The number of aliphatic hydroxyl groups is 1. The minimum Gasteiger partial charge on any atom is -0.462 e. The van der Waals surface area contributed by atoms with E-state index in [1.54, 1.807) is 50.2 Å². The summed E-state index contributed by atoms with van der Waals surface area (Å²) in [6.07, 6.45) is -4.21. The van der Waals surface area contributed by atoms with Crippen LogP contribution in [0.25, 0.3) is 10.8 Å². The Morgan fingerprint density at radius 1 is 1.17 bits per heavy atom. The van der Waals surface area contributed by atoms with Gasteiger partial charge in [-0.15, -0.1) is 0 Å². The molecule has 0 unspecified atom stereocenters. The molecule has 41 heavy (non-hydrogen) atoms. The molecule has 2 heterocycles. The largest absolute Gasteiger partial charge is 0.462 e. The standard InChI is InChI=1S/C26H30F2N3O9P/c1-15(2)38-21(33)16(3)30-41(36,40-19-11-7-9-17-8-5-6-10-18(17)19)37-14-26(28)22(34)25(4,27)23(39-26)31-13-12-20(32)29-24(31)35/h5-13,15-16,22-23,34H,14H2,1-4H3,(H,30,36)(H,29,32,35)/t16-,22-,23+,25+,26+,41+/m0/s1. The molecule has 222 valence electrons. The van der Waals surface area contributed by atoms with E-state index in [0.717, 1.165) is 19.2 Å². The molecule has 0 saturated carbocycles. The van der Waals surface area contributed by atoms with Crippen LogP contribution in [0.5, 0.6) is 5.75 Å². The van der Waals surface area contributed by atoms with Crippen LogP contribution in [0.2, 0.25) is 0 Å². The third kappa shape index (κ3) is 6.41. The van der Waals surface area contributed by atoms with Gasteiger partial charge in [0.25, 0.3) is 11.4 Å². The van der Waals surface area contributed by atoms with Gasteiger partial charge >= 0.3 is 19.4 Å². The highest BCUT2D eigenvalue weighted by molar-refractivity contribution is 7.52. The van der Waals surface area contributed by atoms with Gasteiger partial charge < -0.3 is 19.1 Å². The van der Waals surface area contributed by atoms with E-state index in [1.165, 1.54) is 13.0 Å². The number of hydrogen-bond acceptors (Lipinski definition) is 9. The molecule has 0 aliphatic carbocycles. The first kappa shape index (κ1) is 30.5. The Hall–Kier alpha value is -3.42. The topological polar surface area (TPSA) is 158 Å². The molecule has 1 fully saturated rings. The molecule has 3 aromatic rings. The fourth-order valence-corrected chi connectivity index (χ4v) is 5.79. The number of carbonyl (C=O) groups is 1. The lowest BCUT2D eigenvalue weighted by Crippen LogP contribution is -2.47. The van der Waals surface area contributed by atoms with Gasteiger partial charge in [0.05, 0.1) is 6.10 Å². The molecule has 0 bridgehead atoms. The molecule has 4 rings (SSSR count). The Bertz CT molecular complexity index is 1590. The van der Waals surface area contributed by atoms with Crippen molar-refractivity contribution in [2.24, 2.45) is 0 Å². The SMILES string of the molecule is CC(C)OC(=O)[C@H](C)N[P@@](=O)(OC[C@@]1(F)O[C@@H](n2ccc(=O)[nH]c2=O)[C@](C)(F)[C@@H]1O)Oc1cccc2ccccc12. The van der Waals surface area contributed by atoms with Crippen LogP contribution in [-0.2, 0) is 23.4 Å². The molecule has 1 aliphatic rings. The number of aliphatic hydroxyl groups excluding tert-OH is 1. The predicted molar refractivity (Wildman–Crippen MR) is 143 cm³/mol. The van der Waals surface area contributed by atoms with Crippen molar-refractivity contribution < 1.29 is 41.8 Å². The van der Waals surface area contributed by atoms with Crippen LogP contribution >= 0.6 is 7.75 Å². The van der Waals surface area contributed by atoms with Gasteiger partial charge in [-0.25, -0.2) is 18.1 Å². The maximum Gasteiger partial charge on any atom is 0.459 e. The first-order valence-corrected chi connectivity index (χ1v) is 14.1. The number of carbonyl (C=O) groups excluding carboxylic acids is 1. The van der Waals surface area contributed by atoms with Gasteiger partial charge in [-0.05, 0) is 39.1 Å². The lowest BCUT2D eigenvalue weighted by Gasteiger charge is -2.28. The fourth-order valence-electron chi connectivity index (χ4n) is 4.27. The zero-order valence-corrected chi connectivity index (χ0v) is 23.5. The van der Waals surface area contributed by atoms with Crippen LogP contribution in [0.15, 0.2) is 64.3 Å². The maximum atomic E-state index is 16.0. The third-order valence-corrected chi connectivity index (χ3v) is 7.90. The number of halogens is 2. The van der Waals surface area contributed by atoms with E-state index in [1.807, 2.05) is 4.98 Å². The molecule has 1 saturated heterocycles. The van der Waals surface area contributed by atoms with Crippen molar-refractivity contribution in [2.75, 3.05) is 6.61 Å². The Kier molecular flexibility index (Phi) is 8.53. The minimum absolute atomic E-state index is 0.0529. The molecule has 0 radical (unpaired) electrons. The number of alkyl halides is 2. The van der Waals surface area contributed by atoms with Crippen LogP contribution < -0.4 is 20.9 Å². The van der Waals surface area contributed by atoms with Crippen molar-refractivity contribution in [1.82, 2.24) is 14.6 Å². The van der Waals surface area contributed by atoms with Gasteiger partial charge in [0, 0.05) is 17.6 Å². The normalized spacial score (nSPS) is 26.5. The summed E-state index contributed by atoms with van der Waals surface area (Å²) in [5.41, 5.74) is -4.82. The lowest BCUT2D eigenvalue weighted by atomic mass is 9.97. The van der Waals surface area contributed by atoms with Gasteiger partial charge in [-0.1, -0.05) is 36.4 Å². The van der Waals surface area contributed by atoms with E-state index >= 15 is 8.78 Å². The van der Waals surface area contributed by atoms with Crippen LogP contribution in [0.3, 0.4) is 0 Å². The summed E-state index contributed by atoms with van der Waals surface area (Å²) < 4.78 is 67.5.